The number of thioether (sulfide) groups is 1. The summed E-state index contributed by atoms with van der Waals surface area (Å²) in [6.45, 7) is 0.811. The Kier molecular flexibility index (Phi) is 2.23. The van der Waals surface area contributed by atoms with E-state index in [1.165, 1.54) is 0 Å². The molecule has 0 radical (unpaired) electrons. The average Bonchev–Trinajstić information content (AvgIpc) is 2.56. The normalized spacial score (nSPS) is 22.8. The largest absolute Gasteiger partial charge is 0.508 e. The number of ether oxygens (including phenoxy) is 1. The summed E-state index contributed by atoms with van der Waals surface area (Å²) >= 11 is 1.77. The van der Waals surface area contributed by atoms with Crippen molar-refractivity contribution in [2.45, 2.75) is 5.44 Å². The van der Waals surface area contributed by atoms with Crippen LogP contribution in [0.1, 0.15) is 11.0 Å². The number of phenolic OH excluding ortho intramolecular Hbond substituents is 1. The number of hydrogen-bond donors (Lipinski definition) is 1. The van der Waals surface area contributed by atoms with Crippen LogP contribution < -0.4 is 0 Å². The highest BCUT2D eigenvalue weighted by Crippen LogP contribution is 2.35. The molecule has 0 bridgehead atoms. The van der Waals surface area contributed by atoms with Crippen LogP contribution in [0.2, 0.25) is 0 Å². The van der Waals surface area contributed by atoms with E-state index in [2.05, 4.69) is 0 Å². The van der Waals surface area contributed by atoms with Crippen LogP contribution in [0, 0.1) is 0 Å². The van der Waals surface area contributed by atoms with E-state index < -0.39 is 0 Å². The minimum Gasteiger partial charge on any atom is -0.508 e. The molecule has 1 fully saturated rings. The van der Waals surface area contributed by atoms with E-state index in [9.17, 15) is 5.11 Å². The summed E-state index contributed by atoms with van der Waals surface area (Å²) in [6.07, 6.45) is 0. The molecule has 1 saturated heterocycles. The molecule has 1 aromatic rings. The third-order valence-electron chi connectivity index (χ3n) is 1.76. The number of aromatic hydroxyl groups is 1. The van der Waals surface area contributed by atoms with Gasteiger partial charge in [0.05, 0.1) is 6.61 Å². The second kappa shape index (κ2) is 3.37. The molecular formula is C9H10O2S. The lowest BCUT2D eigenvalue weighted by atomic mass is 10.2. The highest BCUT2D eigenvalue weighted by Gasteiger charge is 2.17. The molecule has 0 saturated carbocycles. The van der Waals surface area contributed by atoms with E-state index >= 15 is 0 Å². The van der Waals surface area contributed by atoms with Gasteiger partial charge in [-0.25, -0.2) is 0 Å². The lowest BCUT2D eigenvalue weighted by molar-refractivity contribution is 0.144. The molecule has 2 rings (SSSR count). The van der Waals surface area contributed by atoms with Crippen molar-refractivity contribution in [3.8, 4) is 5.75 Å². The van der Waals surface area contributed by atoms with Gasteiger partial charge in [0.15, 0.2) is 0 Å². The number of hydrogen-bond acceptors (Lipinski definition) is 3. The first-order valence-corrected chi connectivity index (χ1v) is 4.93. The molecule has 1 aliphatic heterocycles. The second-order valence-electron chi connectivity index (χ2n) is 2.67. The van der Waals surface area contributed by atoms with Gasteiger partial charge in [-0.15, -0.1) is 11.8 Å². The minimum absolute atomic E-state index is 0.122. The lowest BCUT2D eigenvalue weighted by Crippen LogP contribution is -1.91. The van der Waals surface area contributed by atoms with Crippen LogP contribution in [0.25, 0.3) is 0 Å². The van der Waals surface area contributed by atoms with Crippen LogP contribution in [-0.2, 0) is 4.74 Å². The Morgan fingerprint density at radius 3 is 3.08 bits per heavy atom. The van der Waals surface area contributed by atoms with Crippen molar-refractivity contribution in [1.29, 1.82) is 0 Å². The van der Waals surface area contributed by atoms with Gasteiger partial charge in [-0.05, 0) is 17.7 Å². The summed E-state index contributed by atoms with van der Waals surface area (Å²) in [4.78, 5) is 0. The SMILES string of the molecule is Oc1cccc(C2OCCS2)c1. The van der Waals surface area contributed by atoms with Crippen LogP contribution in [0.4, 0.5) is 0 Å². The summed E-state index contributed by atoms with van der Waals surface area (Å²) in [6, 6.07) is 7.24. The summed E-state index contributed by atoms with van der Waals surface area (Å²) in [5, 5.41) is 9.21. The predicted octanol–water partition coefficient (Wildman–Crippen LogP) is 2.15. The molecule has 3 heteroatoms. The zero-order valence-corrected chi connectivity index (χ0v) is 7.38. The first-order chi connectivity index (χ1) is 5.86. The van der Waals surface area contributed by atoms with E-state index in [0.29, 0.717) is 5.75 Å². The van der Waals surface area contributed by atoms with Crippen LogP contribution in [-0.4, -0.2) is 17.5 Å². The number of benzene rings is 1. The van der Waals surface area contributed by atoms with Gasteiger partial charge in [0.25, 0.3) is 0 Å². The zero-order valence-electron chi connectivity index (χ0n) is 6.56. The van der Waals surface area contributed by atoms with Crippen molar-refractivity contribution in [3.05, 3.63) is 29.8 Å². The van der Waals surface area contributed by atoms with Crippen LogP contribution in [0.5, 0.6) is 5.75 Å². The van der Waals surface area contributed by atoms with Crippen molar-refractivity contribution < 1.29 is 9.84 Å². The maximum absolute atomic E-state index is 9.21. The smallest absolute Gasteiger partial charge is 0.128 e. The van der Waals surface area contributed by atoms with Crippen molar-refractivity contribution in [2.75, 3.05) is 12.4 Å². The van der Waals surface area contributed by atoms with Gasteiger partial charge < -0.3 is 9.84 Å². The molecule has 1 aliphatic rings. The van der Waals surface area contributed by atoms with Gasteiger partial charge in [-0.2, -0.15) is 0 Å². The van der Waals surface area contributed by atoms with E-state index in [1.54, 1.807) is 23.9 Å². The van der Waals surface area contributed by atoms with E-state index in [-0.39, 0.29) is 5.44 Å². The molecule has 1 aromatic carbocycles. The fourth-order valence-electron chi connectivity index (χ4n) is 1.22. The topological polar surface area (TPSA) is 29.5 Å². The Balaban J connectivity index is 2.21. The standard InChI is InChI=1S/C9H10O2S/c10-8-3-1-2-7(6-8)9-11-4-5-12-9/h1-3,6,9-10H,4-5H2. The third-order valence-corrected chi connectivity index (χ3v) is 2.88. The Labute approximate surface area is 75.6 Å². The first-order valence-electron chi connectivity index (χ1n) is 3.88. The Morgan fingerprint density at radius 2 is 2.42 bits per heavy atom. The van der Waals surface area contributed by atoms with Crippen molar-refractivity contribution in [2.24, 2.45) is 0 Å². The highest BCUT2D eigenvalue weighted by molar-refractivity contribution is 7.99. The van der Waals surface area contributed by atoms with E-state index in [0.717, 1.165) is 17.9 Å². The summed E-state index contributed by atoms with van der Waals surface area (Å²) < 4.78 is 5.45. The summed E-state index contributed by atoms with van der Waals surface area (Å²) in [5.41, 5.74) is 1.18. The van der Waals surface area contributed by atoms with Crippen LogP contribution in [0.15, 0.2) is 24.3 Å². The van der Waals surface area contributed by atoms with E-state index in [1.807, 2.05) is 12.1 Å². The van der Waals surface area contributed by atoms with Gasteiger partial charge >= 0.3 is 0 Å². The van der Waals surface area contributed by atoms with Crippen molar-refractivity contribution in [1.82, 2.24) is 0 Å². The van der Waals surface area contributed by atoms with E-state index in [4.69, 9.17) is 4.74 Å². The van der Waals surface area contributed by atoms with Crippen molar-refractivity contribution in [3.63, 3.8) is 0 Å². The van der Waals surface area contributed by atoms with Gasteiger partial charge in [-0.3, -0.25) is 0 Å². The molecule has 1 N–H and O–H groups in total. The quantitative estimate of drug-likeness (QED) is 0.721. The summed E-state index contributed by atoms with van der Waals surface area (Å²) in [7, 11) is 0. The second-order valence-corrected chi connectivity index (χ2v) is 3.84. The third kappa shape index (κ3) is 1.57. The highest BCUT2D eigenvalue weighted by atomic mass is 32.2. The maximum Gasteiger partial charge on any atom is 0.128 e. The molecule has 1 heterocycles. The molecule has 1 unspecified atom stereocenters. The average molecular weight is 182 g/mol. The molecule has 0 amide bonds. The fraction of sp³-hybridized carbons (Fsp3) is 0.333. The molecule has 12 heavy (non-hydrogen) atoms. The molecule has 0 aliphatic carbocycles. The Bertz CT molecular complexity index is 269. The summed E-state index contributed by atoms with van der Waals surface area (Å²) in [5.74, 6) is 1.35. The predicted molar refractivity (Wildman–Crippen MR) is 49.3 cm³/mol. The maximum atomic E-state index is 9.21. The van der Waals surface area contributed by atoms with Gasteiger partial charge in [0.1, 0.15) is 11.2 Å². The molecule has 64 valence electrons. The molecule has 0 spiro atoms. The lowest BCUT2D eigenvalue weighted by Gasteiger charge is -2.08. The van der Waals surface area contributed by atoms with Crippen LogP contribution in [0.3, 0.4) is 0 Å². The molecular weight excluding hydrogens is 172 g/mol. The Hall–Kier alpha value is -0.670. The number of rotatable bonds is 1. The fourth-order valence-corrected chi connectivity index (χ4v) is 2.16. The zero-order chi connectivity index (χ0) is 8.39. The molecule has 0 aromatic heterocycles. The number of phenols is 1. The minimum atomic E-state index is 0.122. The van der Waals surface area contributed by atoms with Crippen molar-refractivity contribution >= 4 is 11.8 Å². The van der Waals surface area contributed by atoms with Gasteiger partial charge in [0, 0.05) is 5.75 Å². The molecule has 1 atom stereocenters. The van der Waals surface area contributed by atoms with Gasteiger partial charge in [0.2, 0.25) is 0 Å². The first kappa shape index (κ1) is 7.95. The Morgan fingerprint density at radius 1 is 1.50 bits per heavy atom. The molecule has 2 nitrogen and oxygen atoms in total. The monoisotopic (exact) mass is 182 g/mol. The van der Waals surface area contributed by atoms with Crippen LogP contribution >= 0.6 is 11.8 Å². The van der Waals surface area contributed by atoms with Gasteiger partial charge in [-0.1, -0.05) is 12.1 Å².